The summed E-state index contributed by atoms with van der Waals surface area (Å²) in [5.41, 5.74) is 4.88. The third kappa shape index (κ3) is 6.47. The largest absolute Gasteiger partial charge is 0.465 e. The second kappa shape index (κ2) is 7.65. The quantitative estimate of drug-likeness (QED) is 0.494. The SMILES string of the molecule is CCCCOCCC(C)(N)C(=O)OCC. The Balaban J connectivity index is 3.68. The monoisotopic (exact) mass is 217 g/mol. The lowest BCUT2D eigenvalue weighted by Gasteiger charge is -2.21. The van der Waals surface area contributed by atoms with Crippen molar-refractivity contribution in [2.24, 2.45) is 5.73 Å². The van der Waals surface area contributed by atoms with Gasteiger partial charge in [0.2, 0.25) is 0 Å². The molecule has 0 spiro atoms. The number of carbonyl (C=O) groups excluding carboxylic acids is 1. The standard InChI is InChI=1S/C11H23NO3/c1-4-6-8-14-9-7-11(3,12)10(13)15-5-2/h4-9,12H2,1-3H3. The summed E-state index contributed by atoms with van der Waals surface area (Å²) < 4.78 is 10.2. The Morgan fingerprint density at radius 2 is 2.00 bits per heavy atom. The lowest BCUT2D eigenvalue weighted by atomic mass is 10.0. The van der Waals surface area contributed by atoms with Gasteiger partial charge in [-0.25, -0.2) is 0 Å². The van der Waals surface area contributed by atoms with Crippen LogP contribution in [0.3, 0.4) is 0 Å². The summed E-state index contributed by atoms with van der Waals surface area (Å²) in [7, 11) is 0. The Morgan fingerprint density at radius 1 is 1.33 bits per heavy atom. The lowest BCUT2D eigenvalue weighted by Crippen LogP contribution is -2.47. The van der Waals surface area contributed by atoms with Crippen LogP contribution < -0.4 is 5.73 Å². The van der Waals surface area contributed by atoms with Gasteiger partial charge < -0.3 is 15.2 Å². The predicted octanol–water partition coefficient (Wildman–Crippen LogP) is 1.47. The second-order valence-electron chi connectivity index (χ2n) is 3.85. The Hall–Kier alpha value is -0.610. The summed E-state index contributed by atoms with van der Waals surface area (Å²) in [5, 5.41) is 0. The van der Waals surface area contributed by atoms with E-state index in [1.54, 1.807) is 13.8 Å². The second-order valence-corrected chi connectivity index (χ2v) is 3.85. The van der Waals surface area contributed by atoms with Crippen LogP contribution in [0.25, 0.3) is 0 Å². The van der Waals surface area contributed by atoms with Gasteiger partial charge in [0.05, 0.1) is 6.61 Å². The van der Waals surface area contributed by atoms with Crippen molar-refractivity contribution in [3.05, 3.63) is 0 Å². The lowest BCUT2D eigenvalue weighted by molar-refractivity contribution is -0.149. The summed E-state index contributed by atoms with van der Waals surface area (Å²) in [6.45, 7) is 7.15. The van der Waals surface area contributed by atoms with E-state index in [2.05, 4.69) is 6.92 Å². The molecule has 1 unspecified atom stereocenters. The molecule has 4 nitrogen and oxygen atoms in total. The van der Waals surface area contributed by atoms with E-state index in [4.69, 9.17) is 15.2 Å². The van der Waals surface area contributed by atoms with Crippen LogP contribution in [0.2, 0.25) is 0 Å². The molecule has 0 amide bonds. The van der Waals surface area contributed by atoms with Gasteiger partial charge in [-0.1, -0.05) is 13.3 Å². The average Bonchev–Trinajstić information content (AvgIpc) is 2.18. The molecule has 15 heavy (non-hydrogen) atoms. The molecule has 2 N–H and O–H groups in total. The zero-order valence-corrected chi connectivity index (χ0v) is 10.0. The number of carbonyl (C=O) groups is 1. The summed E-state index contributed by atoms with van der Waals surface area (Å²) in [6.07, 6.45) is 2.65. The zero-order valence-electron chi connectivity index (χ0n) is 10.0. The van der Waals surface area contributed by atoms with Gasteiger partial charge >= 0.3 is 5.97 Å². The predicted molar refractivity (Wildman–Crippen MR) is 59.6 cm³/mol. The van der Waals surface area contributed by atoms with Crippen LogP contribution in [0.5, 0.6) is 0 Å². The molecule has 0 aromatic heterocycles. The van der Waals surface area contributed by atoms with E-state index in [0.29, 0.717) is 19.6 Å². The van der Waals surface area contributed by atoms with E-state index >= 15 is 0 Å². The van der Waals surface area contributed by atoms with Crippen LogP contribution in [0.4, 0.5) is 0 Å². The molecule has 0 bridgehead atoms. The Morgan fingerprint density at radius 3 is 2.53 bits per heavy atom. The van der Waals surface area contributed by atoms with Crippen LogP contribution in [0, 0.1) is 0 Å². The molecule has 0 aromatic rings. The third-order valence-corrected chi connectivity index (χ3v) is 2.15. The molecule has 0 aliphatic heterocycles. The minimum atomic E-state index is -0.928. The van der Waals surface area contributed by atoms with Crippen LogP contribution in [0.15, 0.2) is 0 Å². The number of hydrogen-bond acceptors (Lipinski definition) is 4. The first-order valence-electron chi connectivity index (χ1n) is 5.58. The topological polar surface area (TPSA) is 61.5 Å². The molecule has 0 rings (SSSR count). The fraction of sp³-hybridized carbons (Fsp3) is 0.909. The van der Waals surface area contributed by atoms with E-state index < -0.39 is 5.54 Å². The smallest absolute Gasteiger partial charge is 0.325 e. The molecular formula is C11H23NO3. The van der Waals surface area contributed by atoms with E-state index in [9.17, 15) is 4.79 Å². The molecule has 4 heteroatoms. The maximum atomic E-state index is 11.4. The average molecular weight is 217 g/mol. The first kappa shape index (κ1) is 14.4. The van der Waals surface area contributed by atoms with Gasteiger partial charge in [-0.05, 0) is 26.7 Å². The molecule has 0 fully saturated rings. The van der Waals surface area contributed by atoms with Crippen molar-refractivity contribution in [2.45, 2.75) is 45.6 Å². The molecule has 90 valence electrons. The van der Waals surface area contributed by atoms with Gasteiger partial charge in [-0.15, -0.1) is 0 Å². The Bertz CT molecular complexity index is 181. The highest BCUT2D eigenvalue weighted by Gasteiger charge is 2.29. The molecule has 0 saturated heterocycles. The number of esters is 1. The van der Waals surface area contributed by atoms with Gasteiger partial charge in [0.25, 0.3) is 0 Å². The molecule has 1 atom stereocenters. The highest BCUT2D eigenvalue weighted by Crippen LogP contribution is 2.08. The molecule has 0 heterocycles. The van der Waals surface area contributed by atoms with E-state index in [1.807, 2.05) is 0 Å². The third-order valence-electron chi connectivity index (χ3n) is 2.15. The summed E-state index contributed by atoms with van der Waals surface area (Å²) in [6, 6.07) is 0. The Kier molecular flexibility index (Phi) is 7.34. The normalized spacial score (nSPS) is 14.7. The highest BCUT2D eigenvalue weighted by atomic mass is 16.5. The summed E-state index contributed by atoms with van der Waals surface area (Å²) in [5.74, 6) is -0.357. The van der Waals surface area contributed by atoms with Crippen molar-refractivity contribution in [2.75, 3.05) is 19.8 Å². The van der Waals surface area contributed by atoms with Crippen LogP contribution in [-0.2, 0) is 14.3 Å². The van der Waals surface area contributed by atoms with E-state index in [1.165, 1.54) is 0 Å². The highest BCUT2D eigenvalue weighted by molar-refractivity contribution is 5.79. The van der Waals surface area contributed by atoms with Gasteiger partial charge in [0.15, 0.2) is 0 Å². The van der Waals surface area contributed by atoms with E-state index in [-0.39, 0.29) is 5.97 Å². The molecule has 0 saturated carbocycles. The zero-order chi connectivity index (χ0) is 11.7. The number of ether oxygens (including phenoxy) is 2. The molecule has 0 aliphatic rings. The fourth-order valence-electron chi connectivity index (χ4n) is 1.03. The first-order valence-corrected chi connectivity index (χ1v) is 5.58. The van der Waals surface area contributed by atoms with Gasteiger partial charge in [-0.2, -0.15) is 0 Å². The fourth-order valence-corrected chi connectivity index (χ4v) is 1.03. The number of rotatable bonds is 8. The van der Waals surface area contributed by atoms with Crippen LogP contribution in [-0.4, -0.2) is 31.3 Å². The molecular weight excluding hydrogens is 194 g/mol. The molecule has 0 aliphatic carbocycles. The minimum Gasteiger partial charge on any atom is -0.465 e. The van der Waals surface area contributed by atoms with Gasteiger partial charge in [0, 0.05) is 13.2 Å². The molecule has 0 aromatic carbocycles. The van der Waals surface area contributed by atoms with Crippen molar-refractivity contribution in [3.8, 4) is 0 Å². The van der Waals surface area contributed by atoms with Gasteiger partial charge in [0.1, 0.15) is 5.54 Å². The first-order chi connectivity index (χ1) is 7.04. The number of hydrogen-bond donors (Lipinski definition) is 1. The van der Waals surface area contributed by atoms with Crippen molar-refractivity contribution in [1.29, 1.82) is 0 Å². The van der Waals surface area contributed by atoms with Gasteiger partial charge in [-0.3, -0.25) is 4.79 Å². The minimum absolute atomic E-state index is 0.357. The van der Waals surface area contributed by atoms with Crippen LogP contribution in [0.1, 0.15) is 40.0 Å². The van der Waals surface area contributed by atoms with Crippen LogP contribution >= 0.6 is 0 Å². The number of nitrogens with two attached hydrogens (primary N) is 1. The summed E-state index contributed by atoms with van der Waals surface area (Å²) in [4.78, 5) is 11.4. The van der Waals surface area contributed by atoms with E-state index in [0.717, 1.165) is 19.4 Å². The van der Waals surface area contributed by atoms with Crippen molar-refractivity contribution >= 4 is 5.97 Å². The summed E-state index contributed by atoms with van der Waals surface area (Å²) >= 11 is 0. The molecule has 0 radical (unpaired) electrons. The van der Waals surface area contributed by atoms with Crippen molar-refractivity contribution in [1.82, 2.24) is 0 Å². The van der Waals surface area contributed by atoms with Crippen molar-refractivity contribution in [3.63, 3.8) is 0 Å². The number of unbranched alkanes of at least 4 members (excludes halogenated alkanes) is 1. The van der Waals surface area contributed by atoms with Crippen molar-refractivity contribution < 1.29 is 14.3 Å². The maximum Gasteiger partial charge on any atom is 0.325 e. The Labute approximate surface area is 92.1 Å². The maximum absolute atomic E-state index is 11.4.